The molecule has 0 saturated heterocycles. The monoisotopic (exact) mass is 454 g/mol. The first-order chi connectivity index (χ1) is 13.5. The van der Waals surface area contributed by atoms with Crippen LogP contribution in [0.15, 0.2) is 82.2 Å². The molecule has 142 valence electrons. The molecular weight excluding hydrogens is 436 g/mol. The quantitative estimate of drug-likeness (QED) is 0.466. The van der Waals surface area contributed by atoms with Crippen molar-refractivity contribution in [3.05, 3.63) is 88.4 Å². The van der Waals surface area contributed by atoms with E-state index in [2.05, 4.69) is 26.6 Å². The van der Waals surface area contributed by atoms with Gasteiger partial charge in [0.2, 0.25) is 5.91 Å². The Kier molecular flexibility index (Phi) is 6.90. The van der Waals surface area contributed by atoms with Crippen LogP contribution in [0, 0.1) is 6.92 Å². The lowest BCUT2D eigenvalue weighted by atomic mass is 10.1. The molecule has 0 saturated carbocycles. The minimum atomic E-state index is -0.132. The van der Waals surface area contributed by atoms with Gasteiger partial charge in [-0.25, -0.2) is 0 Å². The van der Waals surface area contributed by atoms with E-state index in [-0.39, 0.29) is 11.8 Å². The highest BCUT2D eigenvalue weighted by Gasteiger charge is 2.09. The predicted molar refractivity (Wildman–Crippen MR) is 119 cm³/mol. The second-order valence-corrected chi connectivity index (χ2v) is 8.10. The molecule has 3 aromatic rings. The summed E-state index contributed by atoms with van der Waals surface area (Å²) < 4.78 is 0.967. The third-order valence-electron chi connectivity index (χ3n) is 4.00. The van der Waals surface area contributed by atoms with Gasteiger partial charge in [-0.1, -0.05) is 34.1 Å². The van der Waals surface area contributed by atoms with Crippen molar-refractivity contribution in [2.24, 2.45) is 0 Å². The van der Waals surface area contributed by atoms with E-state index in [9.17, 15) is 9.59 Å². The predicted octanol–water partition coefficient (Wildman–Crippen LogP) is 5.74. The molecule has 3 aromatic carbocycles. The van der Waals surface area contributed by atoms with Crippen LogP contribution in [-0.2, 0) is 4.79 Å². The number of amides is 2. The van der Waals surface area contributed by atoms with Crippen molar-refractivity contribution in [2.75, 3.05) is 16.4 Å². The summed E-state index contributed by atoms with van der Waals surface area (Å²) in [7, 11) is 0. The minimum absolute atomic E-state index is 0.0655. The van der Waals surface area contributed by atoms with Gasteiger partial charge in [0.1, 0.15) is 0 Å². The molecule has 0 fully saturated rings. The van der Waals surface area contributed by atoms with Crippen molar-refractivity contribution in [1.82, 2.24) is 0 Å². The zero-order chi connectivity index (χ0) is 19.9. The van der Waals surface area contributed by atoms with E-state index >= 15 is 0 Å². The molecule has 4 nitrogen and oxygen atoms in total. The van der Waals surface area contributed by atoms with Crippen LogP contribution in [0.3, 0.4) is 0 Å². The molecule has 6 heteroatoms. The summed E-state index contributed by atoms with van der Waals surface area (Å²) in [5.41, 5.74) is 3.08. The van der Waals surface area contributed by atoms with Crippen LogP contribution < -0.4 is 10.6 Å². The lowest BCUT2D eigenvalue weighted by Crippen LogP contribution is -2.14. The van der Waals surface area contributed by atoms with E-state index in [0.29, 0.717) is 11.3 Å². The number of anilines is 2. The smallest absolute Gasteiger partial charge is 0.255 e. The van der Waals surface area contributed by atoms with E-state index < -0.39 is 0 Å². The summed E-state index contributed by atoms with van der Waals surface area (Å²) in [6.07, 6.45) is 0. The Morgan fingerprint density at radius 2 is 1.46 bits per heavy atom. The average molecular weight is 455 g/mol. The number of halogens is 1. The minimum Gasteiger partial charge on any atom is -0.325 e. The van der Waals surface area contributed by atoms with Crippen LogP contribution in [0.2, 0.25) is 0 Å². The molecule has 0 atom stereocenters. The number of thioether (sulfide) groups is 1. The Hall–Kier alpha value is -2.57. The molecule has 0 radical (unpaired) electrons. The third-order valence-corrected chi connectivity index (χ3v) is 5.54. The summed E-state index contributed by atoms with van der Waals surface area (Å²) >= 11 is 4.81. The zero-order valence-corrected chi connectivity index (χ0v) is 17.6. The number of nitrogens with one attached hydrogen (secondary N) is 2. The summed E-state index contributed by atoms with van der Waals surface area (Å²) in [6, 6.07) is 22.4. The number of benzene rings is 3. The number of hydrogen-bond donors (Lipinski definition) is 2. The average Bonchev–Trinajstić information content (AvgIpc) is 2.69. The maximum atomic E-state index is 12.4. The van der Waals surface area contributed by atoms with Gasteiger partial charge in [-0.05, 0) is 67.1 Å². The van der Waals surface area contributed by atoms with Gasteiger partial charge in [-0.2, -0.15) is 0 Å². The molecule has 0 aliphatic rings. The van der Waals surface area contributed by atoms with Gasteiger partial charge in [0, 0.05) is 26.3 Å². The van der Waals surface area contributed by atoms with Gasteiger partial charge in [0.05, 0.1) is 5.75 Å². The summed E-state index contributed by atoms with van der Waals surface area (Å²) in [6.45, 7) is 1.91. The molecule has 0 unspecified atom stereocenters. The van der Waals surface area contributed by atoms with Crippen molar-refractivity contribution in [2.45, 2.75) is 11.8 Å². The number of carbonyl (C=O) groups excluding carboxylic acids is 2. The fourth-order valence-electron chi connectivity index (χ4n) is 2.54. The van der Waals surface area contributed by atoms with Crippen molar-refractivity contribution >= 4 is 50.9 Å². The molecule has 2 amide bonds. The Morgan fingerprint density at radius 1 is 0.857 bits per heavy atom. The number of carbonyl (C=O) groups is 2. The van der Waals surface area contributed by atoms with E-state index in [1.807, 2.05) is 73.7 Å². The van der Waals surface area contributed by atoms with Crippen LogP contribution in [0.4, 0.5) is 11.4 Å². The normalized spacial score (nSPS) is 10.4. The van der Waals surface area contributed by atoms with E-state index in [0.717, 1.165) is 26.3 Å². The molecule has 0 spiro atoms. The van der Waals surface area contributed by atoms with E-state index in [4.69, 9.17) is 0 Å². The van der Waals surface area contributed by atoms with Crippen LogP contribution in [0.5, 0.6) is 0 Å². The van der Waals surface area contributed by atoms with Crippen LogP contribution in [0.1, 0.15) is 15.9 Å². The van der Waals surface area contributed by atoms with E-state index in [1.165, 1.54) is 11.8 Å². The van der Waals surface area contributed by atoms with Crippen LogP contribution >= 0.6 is 27.7 Å². The maximum Gasteiger partial charge on any atom is 0.255 e. The first kappa shape index (κ1) is 20.2. The lowest BCUT2D eigenvalue weighted by molar-refractivity contribution is -0.113. The SMILES string of the molecule is Cc1ccccc1C(=O)Nc1ccc(SCC(=O)Nc2ccc(Br)cc2)cc1. The molecular formula is C22H19BrN2O2S. The first-order valence-electron chi connectivity index (χ1n) is 8.66. The topological polar surface area (TPSA) is 58.2 Å². The Morgan fingerprint density at radius 3 is 2.14 bits per heavy atom. The number of rotatable bonds is 6. The fraction of sp³-hybridized carbons (Fsp3) is 0.0909. The molecule has 2 N–H and O–H groups in total. The molecule has 28 heavy (non-hydrogen) atoms. The fourth-order valence-corrected chi connectivity index (χ4v) is 3.50. The van der Waals surface area contributed by atoms with Crippen molar-refractivity contribution in [3.8, 4) is 0 Å². The standard InChI is InChI=1S/C22H19BrN2O2S/c1-15-4-2-3-5-20(15)22(27)25-18-10-12-19(13-11-18)28-14-21(26)24-17-8-6-16(23)7-9-17/h2-13H,14H2,1H3,(H,24,26)(H,25,27). The van der Waals surface area contributed by atoms with Gasteiger partial charge in [0.15, 0.2) is 0 Å². The summed E-state index contributed by atoms with van der Waals surface area (Å²) in [5.74, 6) is 0.113. The van der Waals surface area contributed by atoms with Gasteiger partial charge in [0.25, 0.3) is 5.91 Å². The van der Waals surface area contributed by atoms with Gasteiger partial charge < -0.3 is 10.6 Å². The van der Waals surface area contributed by atoms with Crippen molar-refractivity contribution in [3.63, 3.8) is 0 Å². The molecule has 0 aromatic heterocycles. The van der Waals surface area contributed by atoms with Gasteiger partial charge in [-0.3, -0.25) is 9.59 Å². The van der Waals surface area contributed by atoms with Gasteiger partial charge >= 0.3 is 0 Å². The molecule has 0 aliphatic heterocycles. The Labute approximate surface area is 176 Å². The zero-order valence-electron chi connectivity index (χ0n) is 15.2. The maximum absolute atomic E-state index is 12.4. The largest absolute Gasteiger partial charge is 0.325 e. The summed E-state index contributed by atoms with van der Waals surface area (Å²) in [4.78, 5) is 25.4. The van der Waals surface area contributed by atoms with Crippen molar-refractivity contribution in [1.29, 1.82) is 0 Å². The van der Waals surface area contributed by atoms with Crippen LogP contribution in [-0.4, -0.2) is 17.6 Å². The number of hydrogen-bond acceptors (Lipinski definition) is 3. The van der Waals surface area contributed by atoms with E-state index in [1.54, 1.807) is 6.07 Å². The molecule has 0 heterocycles. The molecule has 0 bridgehead atoms. The highest BCUT2D eigenvalue weighted by Crippen LogP contribution is 2.22. The van der Waals surface area contributed by atoms with Crippen molar-refractivity contribution < 1.29 is 9.59 Å². The molecule has 3 rings (SSSR count). The third kappa shape index (κ3) is 5.71. The van der Waals surface area contributed by atoms with Gasteiger partial charge in [-0.15, -0.1) is 11.8 Å². The molecule has 0 aliphatic carbocycles. The lowest BCUT2D eigenvalue weighted by Gasteiger charge is -2.09. The second-order valence-electron chi connectivity index (χ2n) is 6.14. The summed E-state index contributed by atoms with van der Waals surface area (Å²) in [5, 5.41) is 5.76. The first-order valence-corrected chi connectivity index (χ1v) is 10.4. The Bertz CT molecular complexity index is 973. The highest BCUT2D eigenvalue weighted by molar-refractivity contribution is 9.10. The Balaban J connectivity index is 1.51. The van der Waals surface area contributed by atoms with Crippen LogP contribution in [0.25, 0.3) is 0 Å². The second kappa shape index (κ2) is 9.57. The number of aryl methyl sites for hydroxylation is 1. The highest BCUT2D eigenvalue weighted by atomic mass is 79.9.